The van der Waals surface area contributed by atoms with E-state index in [4.69, 9.17) is 15.2 Å². The highest BCUT2D eigenvalue weighted by molar-refractivity contribution is 5.24. The maximum atomic E-state index is 9.95. The van der Waals surface area contributed by atoms with Crippen LogP contribution >= 0.6 is 0 Å². The van der Waals surface area contributed by atoms with Crippen molar-refractivity contribution in [1.29, 1.82) is 0 Å². The Hall–Kier alpha value is -0.940. The van der Waals surface area contributed by atoms with Crippen molar-refractivity contribution in [2.45, 2.75) is 25.2 Å². The van der Waals surface area contributed by atoms with Gasteiger partial charge < -0.3 is 20.3 Å². The van der Waals surface area contributed by atoms with Gasteiger partial charge in [0.15, 0.2) is 0 Å². The molecule has 4 heteroatoms. The second kappa shape index (κ2) is 6.12. The Morgan fingerprint density at radius 3 is 2.76 bits per heavy atom. The number of aliphatic hydroxyl groups excluding tert-OH is 1. The van der Waals surface area contributed by atoms with Gasteiger partial charge in [0.2, 0.25) is 0 Å². The summed E-state index contributed by atoms with van der Waals surface area (Å²) in [5.41, 5.74) is 7.44. The molecule has 0 saturated carbocycles. The van der Waals surface area contributed by atoms with Crippen LogP contribution in [0.4, 0.5) is 0 Å². The fourth-order valence-electron chi connectivity index (χ4n) is 1.84. The summed E-state index contributed by atoms with van der Waals surface area (Å²) >= 11 is 0. The molecule has 1 aliphatic rings. The number of hydrogen-bond acceptors (Lipinski definition) is 4. The fourth-order valence-corrected chi connectivity index (χ4v) is 1.84. The van der Waals surface area contributed by atoms with Gasteiger partial charge in [0, 0.05) is 13.2 Å². The largest absolute Gasteiger partial charge is 0.386 e. The molecule has 0 spiro atoms. The van der Waals surface area contributed by atoms with E-state index in [0.717, 1.165) is 24.2 Å². The number of rotatable bonds is 5. The van der Waals surface area contributed by atoms with E-state index in [1.165, 1.54) is 0 Å². The van der Waals surface area contributed by atoms with Crippen molar-refractivity contribution < 1.29 is 14.6 Å². The highest BCUT2D eigenvalue weighted by Gasteiger charge is 2.18. The third kappa shape index (κ3) is 3.51. The van der Waals surface area contributed by atoms with Gasteiger partial charge in [0.25, 0.3) is 0 Å². The molecule has 1 aromatic carbocycles. The Balaban J connectivity index is 1.83. The average molecular weight is 237 g/mol. The van der Waals surface area contributed by atoms with Crippen molar-refractivity contribution in [2.75, 3.05) is 19.8 Å². The molecule has 4 nitrogen and oxygen atoms in total. The Labute approximate surface area is 101 Å². The lowest BCUT2D eigenvalue weighted by Gasteiger charge is -2.15. The first-order chi connectivity index (χ1) is 8.29. The summed E-state index contributed by atoms with van der Waals surface area (Å²) in [7, 11) is 0. The van der Waals surface area contributed by atoms with E-state index in [1.807, 2.05) is 24.3 Å². The maximum Gasteiger partial charge on any atom is 0.102 e. The van der Waals surface area contributed by atoms with Crippen LogP contribution in [0.2, 0.25) is 0 Å². The SMILES string of the molecule is NCc1ccc(C(O)COC2CCOC2)cc1. The molecule has 17 heavy (non-hydrogen) atoms. The third-order valence-electron chi connectivity index (χ3n) is 2.98. The van der Waals surface area contributed by atoms with E-state index in [0.29, 0.717) is 19.8 Å². The Kier molecular flexibility index (Phi) is 4.50. The lowest BCUT2D eigenvalue weighted by molar-refractivity contribution is -0.0131. The molecule has 2 unspecified atom stereocenters. The molecule has 0 bridgehead atoms. The molecule has 2 atom stereocenters. The summed E-state index contributed by atoms with van der Waals surface area (Å²) in [5.74, 6) is 0. The first-order valence-corrected chi connectivity index (χ1v) is 5.96. The highest BCUT2D eigenvalue weighted by atomic mass is 16.5. The Morgan fingerprint density at radius 1 is 1.41 bits per heavy atom. The molecule has 0 amide bonds. The van der Waals surface area contributed by atoms with Crippen molar-refractivity contribution >= 4 is 0 Å². The molecule has 94 valence electrons. The van der Waals surface area contributed by atoms with Gasteiger partial charge in [-0.1, -0.05) is 24.3 Å². The van der Waals surface area contributed by atoms with Crippen LogP contribution in [0.3, 0.4) is 0 Å². The van der Waals surface area contributed by atoms with E-state index >= 15 is 0 Å². The van der Waals surface area contributed by atoms with Gasteiger partial charge in [-0.3, -0.25) is 0 Å². The molecule has 1 saturated heterocycles. The lowest BCUT2D eigenvalue weighted by Crippen LogP contribution is -2.17. The van der Waals surface area contributed by atoms with Crippen molar-refractivity contribution in [2.24, 2.45) is 5.73 Å². The van der Waals surface area contributed by atoms with Crippen molar-refractivity contribution in [3.8, 4) is 0 Å². The first kappa shape index (κ1) is 12.5. The predicted molar refractivity (Wildman–Crippen MR) is 64.5 cm³/mol. The molecule has 1 fully saturated rings. The van der Waals surface area contributed by atoms with E-state index < -0.39 is 6.10 Å². The molecule has 3 N–H and O–H groups in total. The Bertz CT molecular complexity index is 333. The minimum absolute atomic E-state index is 0.132. The fraction of sp³-hybridized carbons (Fsp3) is 0.538. The maximum absolute atomic E-state index is 9.95. The molecule has 0 aromatic heterocycles. The van der Waals surface area contributed by atoms with Gasteiger partial charge in [-0.2, -0.15) is 0 Å². The van der Waals surface area contributed by atoms with Gasteiger partial charge >= 0.3 is 0 Å². The summed E-state index contributed by atoms with van der Waals surface area (Å²) < 4.78 is 10.8. The summed E-state index contributed by atoms with van der Waals surface area (Å²) in [6.07, 6.45) is 0.467. The van der Waals surface area contributed by atoms with Crippen molar-refractivity contribution in [1.82, 2.24) is 0 Å². The van der Waals surface area contributed by atoms with E-state index in [-0.39, 0.29) is 6.10 Å². The quantitative estimate of drug-likeness (QED) is 0.801. The second-order valence-corrected chi connectivity index (χ2v) is 4.28. The van der Waals surface area contributed by atoms with Crippen LogP contribution in [0, 0.1) is 0 Å². The van der Waals surface area contributed by atoms with Crippen LogP contribution in [0.25, 0.3) is 0 Å². The minimum atomic E-state index is -0.581. The standard InChI is InChI=1S/C13H19NO3/c14-7-10-1-3-11(4-2-10)13(15)9-17-12-5-6-16-8-12/h1-4,12-13,15H,5-9,14H2. The van der Waals surface area contributed by atoms with Gasteiger partial charge in [-0.25, -0.2) is 0 Å². The molecule has 0 radical (unpaired) electrons. The van der Waals surface area contributed by atoms with Gasteiger partial charge in [0.05, 0.1) is 19.3 Å². The molecule has 2 rings (SSSR count). The number of aliphatic hydroxyl groups is 1. The minimum Gasteiger partial charge on any atom is -0.386 e. The molecule has 1 aliphatic heterocycles. The number of benzene rings is 1. The summed E-state index contributed by atoms with van der Waals surface area (Å²) in [6, 6.07) is 7.64. The Morgan fingerprint density at radius 2 is 2.18 bits per heavy atom. The van der Waals surface area contributed by atoms with Crippen LogP contribution < -0.4 is 5.73 Å². The number of ether oxygens (including phenoxy) is 2. The molecule has 1 aromatic rings. The molecule has 0 aliphatic carbocycles. The molecular weight excluding hydrogens is 218 g/mol. The number of nitrogens with two attached hydrogens (primary N) is 1. The van der Waals surface area contributed by atoms with E-state index in [9.17, 15) is 5.11 Å². The van der Waals surface area contributed by atoms with Crippen LogP contribution in [0.5, 0.6) is 0 Å². The van der Waals surface area contributed by atoms with Gasteiger partial charge in [0.1, 0.15) is 6.10 Å². The zero-order chi connectivity index (χ0) is 12.1. The zero-order valence-electron chi connectivity index (χ0n) is 9.84. The topological polar surface area (TPSA) is 64.7 Å². The average Bonchev–Trinajstić information content (AvgIpc) is 2.89. The van der Waals surface area contributed by atoms with E-state index in [1.54, 1.807) is 0 Å². The summed E-state index contributed by atoms with van der Waals surface area (Å²) in [6.45, 7) is 2.23. The van der Waals surface area contributed by atoms with Gasteiger partial charge in [-0.05, 0) is 17.5 Å². The normalized spacial score (nSPS) is 21.6. The third-order valence-corrected chi connectivity index (χ3v) is 2.98. The van der Waals surface area contributed by atoms with Gasteiger partial charge in [-0.15, -0.1) is 0 Å². The van der Waals surface area contributed by atoms with Crippen LogP contribution in [0.15, 0.2) is 24.3 Å². The van der Waals surface area contributed by atoms with Crippen molar-refractivity contribution in [3.05, 3.63) is 35.4 Å². The van der Waals surface area contributed by atoms with E-state index in [2.05, 4.69) is 0 Å². The van der Waals surface area contributed by atoms with Crippen LogP contribution in [-0.4, -0.2) is 31.0 Å². The molecular formula is C13H19NO3. The smallest absolute Gasteiger partial charge is 0.102 e. The summed E-state index contributed by atoms with van der Waals surface area (Å²) in [4.78, 5) is 0. The van der Waals surface area contributed by atoms with Crippen molar-refractivity contribution in [3.63, 3.8) is 0 Å². The van der Waals surface area contributed by atoms with Crippen LogP contribution in [0.1, 0.15) is 23.7 Å². The molecule has 1 heterocycles. The highest BCUT2D eigenvalue weighted by Crippen LogP contribution is 2.16. The first-order valence-electron chi connectivity index (χ1n) is 5.96. The van der Waals surface area contributed by atoms with Crippen LogP contribution in [-0.2, 0) is 16.0 Å². The zero-order valence-corrected chi connectivity index (χ0v) is 9.84. The summed E-state index contributed by atoms with van der Waals surface area (Å²) in [5, 5.41) is 9.95. The predicted octanol–water partition coefficient (Wildman–Crippen LogP) is 0.984. The number of hydrogen-bond donors (Lipinski definition) is 2. The second-order valence-electron chi connectivity index (χ2n) is 4.28. The lowest BCUT2D eigenvalue weighted by atomic mass is 10.1. The monoisotopic (exact) mass is 237 g/mol.